The molecule has 1 atom stereocenters. The number of rotatable bonds is 7. The lowest BCUT2D eigenvalue weighted by Gasteiger charge is -2.32. The zero-order valence-corrected chi connectivity index (χ0v) is 17.5. The molecule has 3 aromatic rings. The Morgan fingerprint density at radius 2 is 1.39 bits per heavy atom. The number of morpholine rings is 1. The Bertz CT molecular complexity index is 918. The van der Waals surface area contributed by atoms with Gasteiger partial charge in [-0.1, -0.05) is 72.8 Å². The number of hydrogen-bond acceptors (Lipinski definition) is 2. The molecule has 1 heterocycles. The van der Waals surface area contributed by atoms with Gasteiger partial charge >= 0.3 is 0 Å². The summed E-state index contributed by atoms with van der Waals surface area (Å²) in [5.74, 6) is -0.662. The fourth-order valence-corrected chi connectivity index (χ4v) is 4.27. The Morgan fingerprint density at radius 1 is 0.839 bits per heavy atom. The standard InChI is InChI=1S/C26H27FN2O2/c27-23-13-11-20(12-14-23)24(29-15-17-31-18-16-29)19-28-26(30)25(21-7-3-1-4-8-21)22-9-5-2-6-10-22/h1-14,24-25H,15-19H2,(H,28,30)/p+1/t24-/m0/s1. The van der Waals surface area contributed by atoms with Gasteiger partial charge in [-0.25, -0.2) is 4.39 Å². The Morgan fingerprint density at radius 3 is 1.94 bits per heavy atom. The molecular formula is C26H28FN2O2+. The van der Waals surface area contributed by atoms with Gasteiger partial charge in [-0.05, 0) is 23.3 Å². The van der Waals surface area contributed by atoms with Crippen LogP contribution in [0.1, 0.15) is 28.7 Å². The molecule has 1 aliphatic heterocycles. The van der Waals surface area contributed by atoms with Crippen molar-refractivity contribution in [1.82, 2.24) is 5.32 Å². The lowest BCUT2D eigenvalue weighted by molar-refractivity contribution is -0.937. The molecule has 0 aliphatic carbocycles. The first-order valence-electron chi connectivity index (χ1n) is 10.8. The van der Waals surface area contributed by atoms with Crippen LogP contribution in [0.3, 0.4) is 0 Å². The third kappa shape index (κ3) is 5.37. The van der Waals surface area contributed by atoms with Gasteiger partial charge in [0.15, 0.2) is 0 Å². The van der Waals surface area contributed by atoms with Crippen LogP contribution in [0.25, 0.3) is 0 Å². The van der Waals surface area contributed by atoms with Gasteiger partial charge in [0.25, 0.3) is 0 Å². The number of ether oxygens (including phenoxy) is 1. The predicted molar refractivity (Wildman–Crippen MR) is 118 cm³/mol. The smallest absolute Gasteiger partial charge is 0.232 e. The summed E-state index contributed by atoms with van der Waals surface area (Å²) >= 11 is 0. The topological polar surface area (TPSA) is 42.8 Å². The zero-order chi connectivity index (χ0) is 21.5. The Labute approximate surface area is 182 Å². The maximum Gasteiger partial charge on any atom is 0.232 e. The number of carbonyl (C=O) groups is 1. The highest BCUT2D eigenvalue weighted by Crippen LogP contribution is 2.25. The minimum Gasteiger partial charge on any atom is -0.370 e. The molecule has 31 heavy (non-hydrogen) atoms. The molecule has 2 N–H and O–H groups in total. The Hall–Kier alpha value is -3.02. The molecule has 1 saturated heterocycles. The number of benzene rings is 3. The summed E-state index contributed by atoms with van der Waals surface area (Å²) in [4.78, 5) is 14.8. The molecule has 4 nitrogen and oxygen atoms in total. The largest absolute Gasteiger partial charge is 0.370 e. The summed E-state index contributed by atoms with van der Waals surface area (Å²) in [5.41, 5.74) is 2.95. The molecule has 1 fully saturated rings. The van der Waals surface area contributed by atoms with Gasteiger partial charge in [-0.15, -0.1) is 0 Å². The Balaban J connectivity index is 1.55. The van der Waals surface area contributed by atoms with Crippen molar-refractivity contribution in [2.75, 3.05) is 32.8 Å². The average Bonchev–Trinajstić information content (AvgIpc) is 2.83. The van der Waals surface area contributed by atoms with E-state index in [-0.39, 0.29) is 23.7 Å². The highest BCUT2D eigenvalue weighted by Gasteiger charge is 2.29. The van der Waals surface area contributed by atoms with E-state index in [1.165, 1.54) is 17.0 Å². The van der Waals surface area contributed by atoms with Crippen molar-refractivity contribution in [3.8, 4) is 0 Å². The van der Waals surface area contributed by atoms with Crippen LogP contribution in [0, 0.1) is 5.82 Å². The number of nitrogens with one attached hydrogen (secondary N) is 2. The first-order chi connectivity index (χ1) is 15.2. The number of halogens is 1. The molecule has 4 rings (SSSR count). The van der Waals surface area contributed by atoms with Crippen molar-refractivity contribution in [2.24, 2.45) is 0 Å². The molecule has 160 valence electrons. The zero-order valence-electron chi connectivity index (χ0n) is 17.5. The van der Waals surface area contributed by atoms with E-state index in [0.29, 0.717) is 19.8 Å². The van der Waals surface area contributed by atoms with Gasteiger partial charge in [0.2, 0.25) is 5.91 Å². The van der Waals surface area contributed by atoms with Crippen molar-refractivity contribution >= 4 is 5.91 Å². The normalized spacial score (nSPS) is 15.5. The van der Waals surface area contributed by atoms with E-state index in [1.54, 1.807) is 0 Å². The molecule has 0 saturated carbocycles. The Kier molecular flexibility index (Phi) is 7.07. The fraction of sp³-hybridized carbons (Fsp3) is 0.269. The van der Waals surface area contributed by atoms with Crippen molar-refractivity contribution in [2.45, 2.75) is 12.0 Å². The molecule has 0 bridgehead atoms. The number of carbonyl (C=O) groups excluding carboxylic acids is 1. The van der Waals surface area contributed by atoms with E-state index >= 15 is 0 Å². The van der Waals surface area contributed by atoms with Gasteiger partial charge in [0.1, 0.15) is 24.9 Å². The minimum absolute atomic E-state index is 0.0304. The van der Waals surface area contributed by atoms with Crippen molar-refractivity contribution < 1.29 is 18.8 Å². The second kappa shape index (κ2) is 10.3. The third-order valence-corrected chi connectivity index (χ3v) is 5.91. The van der Waals surface area contributed by atoms with Crippen LogP contribution in [-0.4, -0.2) is 38.8 Å². The van der Waals surface area contributed by atoms with Gasteiger partial charge in [-0.3, -0.25) is 4.79 Å². The first-order valence-corrected chi connectivity index (χ1v) is 10.8. The number of quaternary nitrogens is 1. The summed E-state index contributed by atoms with van der Waals surface area (Å²) in [5, 5.41) is 3.20. The fourth-order valence-electron chi connectivity index (χ4n) is 4.27. The maximum atomic E-state index is 13.5. The van der Waals surface area contributed by atoms with Crippen LogP contribution < -0.4 is 10.2 Å². The molecule has 0 spiro atoms. The molecule has 0 unspecified atom stereocenters. The molecule has 0 radical (unpaired) electrons. The average molecular weight is 420 g/mol. The number of hydrogen-bond donors (Lipinski definition) is 2. The van der Waals surface area contributed by atoms with E-state index in [1.807, 2.05) is 72.8 Å². The molecule has 5 heteroatoms. The van der Waals surface area contributed by atoms with Crippen LogP contribution in [-0.2, 0) is 9.53 Å². The summed E-state index contributed by atoms with van der Waals surface area (Å²) in [7, 11) is 0. The second-order valence-corrected chi connectivity index (χ2v) is 7.87. The molecule has 0 aromatic heterocycles. The third-order valence-electron chi connectivity index (χ3n) is 5.91. The first kappa shape index (κ1) is 21.2. The van der Waals surface area contributed by atoms with E-state index in [0.717, 1.165) is 29.8 Å². The molecule has 1 amide bonds. The van der Waals surface area contributed by atoms with Crippen LogP contribution in [0.4, 0.5) is 4.39 Å². The van der Waals surface area contributed by atoms with Crippen LogP contribution >= 0.6 is 0 Å². The van der Waals surface area contributed by atoms with E-state index in [2.05, 4.69) is 5.32 Å². The van der Waals surface area contributed by atoms with E-state index in [4.69, 9.17) is 4.74 Å². The van der Waals surface area contributed by atoms with Crippen molar-refractivity contribution in [3.63, 3.8) is 0 Å². The quantitative estimate of drug-likeness (QED) is 0.619. The highest BCUT2D eigenvalue weighted by molar-refractivity contribution is 5.87. The van der Waals surface area contributed by atoms with Gasteiger partial charge in [-0.2, -0.15) is 0 Å². The van der Waals surface area contributed by atoms with E-state index < -0.39 is 0 Å². The minimum atomic E-state index is -0.379. The number of amides is 1. The van der Waals surface area contributed by atoms with Crippen molar-refractivity contribution in [1.29, 1.82) is 0 Å². The monoisotopic (exact) mass is 419 g/mol. The van der Waals surface area contributed by atoms with Crippen molar-refractivity contribution in [3.05, 3.63) is 107 Å². The summed E-state index contributed by atoms with van der Waals surface area (Å²) in [6, 6.07) is 26.3. The molecule has 1 aliphatic rings. The van der Waals surface area contributed by atoms with Gasteiger partial charge < -0.3 is 15.0 Å². The maximum absolute atomic E-state index is 13.5. The lowest BCUT2D eigenvalue weighted by atomic mass is 9.90. The summed E-state index contributed by atoms with van der Waals surface area (Å²) in [6.45, 7) is 3.59. The van der Waals surface area contributed by atoms with Crippen LogP contribution in [0.5, 0.6) is 0 Å². The SMILES string of the molecule is O=C(NC[C@@H](c1ccc(F)cc1)[NH+]1CCOCC1)C(c1ccccc1)c1ccccc1. The lowest BCUT2D eigenvalue weighted by Crippen LogP contribution is -3.15. The summed E-state index contributed by atoms with van der Waals surface area (Å²) < 4.78 is 19.0. The predicted octanol–water partition coefficient (Wildman–Crippen LogP) is 2.73. The summed E-state index contributed by atoms with van der Waals surface area (Å²) in [6.07, 6.45) is 0. The highest BCUT2D eigenvalue weighted by atomic mass is 19.1. The molecular weight excluding hydrogens is 391 g/mol. The van der Waals surface area contributed by atoms with E-state index in [9.17, 15) is 9.18 Å². The van der Waals surface area contributed by atoms with Crippen LogP contribution in [0.15, 0.2) is 84.9 Å². The van der Waals surface area contributed by atoms with Gasteiger partial charge in [0.05, 0.1) is 25.7 Å². The molecule has 3 aromatic carbocycles. The van der Waals surface area contributed by atoms with Crippen LogP contribution in [0.2, 0.25) is 0 Å². The van der Waals surface area contributed by atoms with Gasteiger partial charge in [0, 0.05) is 5.56 Å². The second-order valence-electron chi connectivity index (χ2n) is 7.87.